The zero-order chi connectivity index (χ0) is 39.0. The lowest BCUT2D eigenvalue weighted by molar-refractivity contribution is -0.145. The second-order valence-corrected chi connectivity index (χ2v) is 16.3. The summed E-state index contributed by atoms with van der Waals surface area (Å²) in [7, 11) is 0. The van der Waals surface area contributed by atoms with Crippen LogP contribution in [0.15, 0.2) is 23.7 Å². The van der Waals surface area contributed by atoms with Crippen molar-refractivity contribution in [3.05, 3.63) is 35.0 Å². The molecule has 4 N–H and O–H groups in total. The maximum Gasteiger partial charge on any atom is 0.407 e. The number of nitrogens with one attached hydrogen (secondary N) is 3. The normalized spacial score (nSPS) is 18.6. The summed E-state index contributed by atoms with van der Waals surface area (Å²) in [5.41, 5.74) is 0.897. The van der Waals surface area contributed by atoms with Crippen molar-refractivity contribution in [2.24, 2.45) is 5.41 Å². The first-order valence-electron chi connectivity index (χ1n) is 17.9. The standard InChI is InChI=1S/C37H54FN5O9S/c1-23-29(53-22-41-23)24-8-9-25(28(18-24)51-17-16-50-15-14-49-13-12-39-34(48)52-36(5,6)7)20-40-31(45)27-19-26(44)21-43(27)32(46)30(35(2,3)4)42-33(47)37(38)10-11-37/h8-9,18,22,26-27,30,44H,10-17,19-21H2,1-7H3,(H,39,48)(H,40,45)(H,42,47)/t26-,27+,30-/m1/s1. The van der Waals surface area contributed by atoms with Crippen LogP contribution in [0.3, 0.4) is 0 Å². The van der Waals surface area contributed by atoms with Crippen molar-refractivity contribution in [3.63, 3.8) is 0 Å². The maximum absolute atomic E-state index is 14.5. The predicted octanol–water partition coefficient (Wildman–Crippen LogP) is 3.67. The van der Waals surface area contributed by atoms with Crippen LogP contribution in [-0.2, 0) is 35.1 Å². The largest absolute Gasteiger partial charge is 0.491 e. The van der Waals surface area contributed by atoms with Gasteiger partial charge in [-0.2, -0.15) is 0 Å². The predicted molar refractivity (Wildman–Crippen MR) is 196 cm³/mol. The van der Waals surface area contributed by atoms with Crippen LogP contribution >= 0.6 is 11.3 Å². The molecule has 16 heteroatoms. The number of hydrogen-bond acceptors (Lipinski definition) is 11. The van der Waals surface area contributed by atoms with Crippen LogP contribution in [0.4, 0.5) is 9.18 Å². The van der Waals surface area contributed by atoms with Crippen molar-refractivity contribution in [2.75, 3.05) is 46.1 Å². The highest BCUT2D eigenvalue weighted by Gasteiger charge is 2.53. The second kappa shape index (κ2) is 18.0. The summed E-state index contributed by atoms with van der Waals surface area (Å²) in [6.45, 7) is 14.2. The van der Waals surface area contributed by atoms with Gasteiger partial charge in [-0.05, 0) is 57.6 Å². The molecule has 0 spiro atoms. The lowest BCUT2D eigenvalue weighted by Crippen LogP contribution is -2.59. The van der Waals surface area contributed by atoms with E-state index in [1.165, 1.54) is 16.2 Å². The summed E-state index contributed by atoms with van der Waals surface area (Å²) in [5, 5.41) is 18.6. The first kappa shape index (κ1) is 41.9. The van der Waals surface area contributed by atoms with Crippen LogP contribution in [0.5, 0.6) is 5.75 Å². The number of nitrogens with zero attached hydrogens (tertiary/aromatic N) is 2. The Hall–Kier alpha value is -3.86. The molecular formula is C37H54FN5O9S. The van der Waals surface area contributed by atoms with E-state index < -0.39 is 58.7 Å². The number of halogens is 1. The number of aliphatic hydroxyl groups excluding tert-OH is 1. The zero-order valence-corrected chi connectivity index (χ0v) is 32.5. The minimum Gasteiger partial charge on any atom is -0.491 e. The highest BCUT2D eigenvalue weighted by atomic mass is 32.1. The topological polar surface area (TPSA) is 178 Å². The van der Waals surface area contributed by atoms with Crippen molar-refractivity contribution in [3.8, 4) is 16.2 Å². The van der Waals surface area contributed by atoms with Crippen molar-refractivity contribution in [1.29, 1.82) is 0 Å². The van der Waals surface area contributed by atoms with Gasteiger partial charge in [0, 0.05) is 31.6 Å². The molecule has 53 heavy (non-hydrogen) atoms. The Balaban J connectivity index is 1.32. The third-order valence-corrected chi connectivity index (χ3v) is 9.63. The van der Waals surface area contributed by atoms with Crippen LogP contribution in [0.2, 0.25) is 0 Å². The molecule has 2 fully saturated rings. The Morgan fingerprint density at radius 1 is 1.04 bits per heavy atom. The summed E-state index contributed by atoms with van der Waals surface area (Å²) >= 11 is 1.50. The highest BCUT2D eigenvalue weighted by molar-refractivity contribution is 7.13. The number of aliphatic hydroxyl groups is 1. The Kier molecular flexibility index (Phi) is 14.2. The molecule has 2 aliphatic rings. The molecule has 14 nitrogen and oxygen atoms in total. The van der Waals surface area contributed by atoms with Gasteiger partial charge in [0.25, 0.3) is 5.91 Å². The van der Waals surface area contributed by atoms with E-state index in [4.69, 9.17) is 18.9 Å². The van der Waals surface area contributed by atoms with Gasteiger partial charge in [-0.25, -0.2) is 14.2 Å². The minimum absolute atomic E-state index is 0.0175. The molecule has 1 aromatic carbocycles. The molecular weight excluding hydrogens is 709 g/mol. The number of rotatable bonds is 17. The molecule has 1 aromatic heterocycles. The van der Waals surface area contributed by atoms with Gasteiger partial charge in [0.2, 0.25) is 11.8 Å². The number of hydrogen-bond donors (Lipinski definition) is 4. The van der Waals surface area contributed by atoms with E-state index in [9.17, 15) is 28.7 Å². The number of ether oxygens (including phenoxy) is 4. The van der Waals surface area contributed by atoms with Gasteiger partial charge in [-0.1, -0.05) is 32.9 Å². The molecule has 0 bridgehead atoms. The van der Waals surface area contributed by atoms with E-state index >= 15 is 0 Å². The van der Waals surface area contributed by atoms with Crippen LogP contribution in [0.1, 0.15) is 72.1 Å². The van der Waals surface area contributed by atoms with Crippen LogP contribution in [0, 0.1) is 12.3 Å². The molecule has 1 aliphatic carbocycles. The van der Waals surface area contributed by atoms with Crippen LogP contribution in [-0.4, -0.2) is 114 Å². The molecule has 4 amide bonds. The number of likely N-dealkylation sites (tertiary alicyclic amines) is 1. The average Bonchev–Trinajstić information content (AvgIpc) is 3.48. The quantitative estimate of drug-likeness (QED) is 0.174. The SMILES string of the molecule is Cc1ncsc1-c1ccc(CNC(=O)[C@@H]2C[C@@H](O)CN2C(=O)[C@@H](NC(=O)C2(F)CC2)C(C)(C)C)c(OCCOCCOCCNC(=O)OC(C)(C)C)c1. The van der Waals surface area contributed by atoms with Gasteiger partial charge >= 0.3 is 6.09 Å². The number of aryl methyl sites for hydroxylation is 1. The van der Waals surface area contributed by atoms with Gasteiger partial charge in [0.15, 0.2) is 5.67 Å². The monoisotopic (exact) mass is 763 g/mol. The Morgan fingerprint density at radius 2 is 1.72 bits per heavy atom. The van der Waals surface area contributed by atoms with Gasteiger partial charge in [0.1, 0.15) is 30.0 Å². The maximum atomic E-state index is 14.5. The number of thiazole rings is 1. The van der Waals surface area contributed by atoms with Gasteiger partial charge < -0.3 is 44.9 Å². The fraction of sp³-hybridized carbons (Fsp3) is 0.649. The van der Waals surface area contributed by atoms with Gasteiger partial charge in [-0.3, -0.25) is 14.4 Å². The molecule has 1 aliphatic heterocycles. The first-order chi connectivity index (χ1) is 24.9. The van der Waals surface area contributed by atoms with E-state index in [0.29, 0.717) is 37.7 Å². The lowest BCUT2D eigenvalue weighted by atomic mass is 9.85. The smallest absolute Gasteiger partial charge is 0.407 e. The van der Waals surface area contributed by atoms with Crippen molar-refractivity contribution in [1.82, 2.24) is 25.8 Å². The van der Waals surface area contributed by atoms with Crippen molar-refractivity contribution in [2.45, 2.75) is 104 Å². The highest BCUT2D eigenvalue weighted by Crippen LogP contribution is 2.40. The molecule has 2 aromatic rings. The summed E-state index contributed by atoms with van der Waals surface area (Å²) in [4.78, 5) is 58.3. The average molecular weight is 764 g/mol. The number of β-amino-alcohol motifs (C(OH)–C–C–N with tert-alkyl or cyclic N) is 1. The summed E-state index contributed by atoms with van der Waals surface area (Å²) in [5.74, 6) is -1.34. The van der Waals surface area contributed by atoms with Gasteiger partial charge in [-0.15, -0.1) is 11.3 Å². The molecule has 294 valence electrons. The van der Waals surface area contributed by atoms with E-state index in [2.05, 4.69) is 20.9 Å². The third kappa shape index (κ3) is 12.3. The molecule has 1 saturated carbocycles. The number of alkyl carbamates (subject to hydrolysis) is 1. The molecule has 1 saturated heterocycles. The minimum atomic E-state index is -1.97. The molecule has 0 unspecified atom stereocenters. The number of aromatic nitrogens is 1. The molecule has 3 atom stereocenters. The number of benzene rings is 1. The van der Waals surface area contributed by atoms with E-state index in [-0.39, 0.29) is 45.6 Å². The van der Waals surface area contributed by atoms with Crippen molar-refractivity contribution >= 4 is 35.2 Å². The Bertz CT molecular complexity index is 1590. The third-order valence-electron chi connectivity index (χ3n) is 8.65. The summed E-state index contributed by atoms with van der Waals surface area (Å²) in [6, 6.07) is 3.57. The Morgan fingerprint density at radius 3 is 2.34 bits per heavy atom. The zero-order valence-electron chi connectivity index (χ0n) is 31.7. The molecule has 0 radical (unpaired) electrons. The summed E-state index contributed by atoms with van der Waals surface area (Å²) in [6.07, 6.45) is -1.22. The lowest BCUT2D eigenvalue weighted by Gasteiger charge is -2.35. The first-order valence-corrected chi connectivity index (χ1v) is 18.8. The molecule has 2 heterocycles. The van der Waals surface area contributed by atoms with Crippen LogP contribution < -0.4 is 20.7 Å². The summed E-state index contributed by atoms with van der Waals surface area (Å²) < 4.78 is 37.0. The number of alkyl halides is 1. The van der Waals surface area contributed by atoms with E-state index in [0.717, 1.165) is 16.1 Å². The number of carbonyl (C=O) groups excluding carboxylic acids is 4. The number of amides is 4. The molecule has 4 rings (SSSR count). The Labute approximate surface area is 314 Å². The second-order valence-electron chi connectivity index (χ2n) is 15.4. The van der Waals surface area contributed by atoms with Gasteiger partial charge in [0.05, 0.1) is 48.6 Å². The van der Waals surface area contributed by atoms with E-state index in [1.54, 1.807) is 47.1 Å². The van der Waals surface area contributed by atoms with E-state index in [1.807, 2.05) is 25.1 Å². The van der Waals surface area contributed by atoms with Crippen molar-refractivity contribution < 1.29 is 47.6 Å². The fourth-order valence-corrected chi connectivity index (χ4v) is 6.45. The fourth-order valence-electron chi connectivity index (χ4n) is 5.64. The number of carbonyl (C=O) groups is 4. The van der Waals surface area contributed by atoms with Crippen LogP contribution in [0.25, 0.3) is 10.4 Å².